The third kappa shape index (κ3) is 3.48. The molecule has 0 amide bonds. The Kier molecular flexibility index (Phi) is 5.34. The number of anilines is 2. The molecule has 0 aliphatic heterocycles. The predicted octanol–water partition coefficient (Wildman–Crippen LogP) is 2.94. The summed E-state index contributed by atoms with van der Waals surface area (Å²) < 4.78 is 5.85. The first-order chi connectivity index (χ1) is 9.71. The number of nitrogens with two attached hydrogens (primary N) is 1. The van der Waals surface area contributed by atoms with E-state index in [1.54, 1.807) is 0 Å². The smallest absolute Gasteiger partial charge is 0.242 e. The summed E-state index contributed by atoms with van der Waals surface area (Å²) in [7, 11) is 0. The highest BCUT2D eigenvalue weighted by molar-refractivity contribution is 8.00. The van der Waals surface area contributed by atoms with E-state index >= 15 is 0 Å². The lowest BCUT2D eigenvalue weighted by Crippen LogP contribution is -2.30. The van der Waals surface area contributed by atoms with Crippen molar-refractivity contribution in [1.29, 1.82) is 0 Å². The molecule has 1 saturated carbocycles. The molecule has 1 aliphatic rings. The molecular formula is C14H24N4OS. The van der Waals surface area contributed by atoms with Crippen LogP contribution in [0.2, 0.25) is 0 Å². The van der Waals surface area contributed by atoms with Gasteiger partial charge in [-0.15, -0.1) is 0 Å². The van der Waals surface area contributed by atoms with Crippen LogP contribution in [0.1, 0.15) is 39.0 Å². The minimum atomic E-state index is 0.321. The van der Waals surface area contributed by atoms with E-state index in [9.17, 15) is 0 Å². The third-order valence-electron chi connectivity index (χ3n) is 3.82. The molecule has 1 fully saturated rings. The molecule has 1 heterocycles. The lowest BCUT2D eigenvalue weighted by molar-refractivity contribution is 0.306. The number of aromatic nitrogens is 2. The van der Waals surface area contributed by atoms with Gasteiger partial charge in [-0.3, -0.25) is 0 Å². The van der Waals surface area contributed by atoms with Gasteiger partial charge in [-0.2, -0.15) is 16.7 Å². The van der Waals surface area contributed by atoms with E-state index < -0.39 is 0 Å². The van der Waals surface area contributed by atoms with Crippen molar-refractivity contribution in [3.8, 4) is 5.88 Å². The van der Waals surface area contributed by atoms with Crippen molar-refractivity contribution in [2.75, 3.05) is 30.5 Å². The molecule has 0 spiro atoms. The zero-order valence-corrected chi connectivity index (χ0v) is 13.1. The Morgan fingerprint density at radius 1 is 1.40 bits per heavy atom. The van der Waals surface area contributed by atoms with Gasteiger partial charge in [0.25, 0.3) is 0 Å². The number of ether oxygens (including phenoxy) is 1. The summed E-state index contributed by atoms with van der Waals surface area (Å²) in [6.45, 7) is 3.57. The molecule has 0 radical (unpaired) electrons. The molecule has 1 aliphatic carbocycles. The number of nitrogens with one attached hydrogen (secondary N) is 1. The third-order valence-corrected chi connectivity index (χ3v) is 5.23. The molecule has 1 aromatic rings. The molecular weight excluding hydrogens is 272 g/mol. The Morgan fingerprint density at radius 2 is 2.15 bits per heavy atom. The van der Waals surface area contributed by atoms with Crippen molar-refractivity contribution in [2.24, 2.45) is 0 Å². The summed E-state index contributed by atoms with van der Waals surface area (Å²) in [5, 5.41) is 3.39. The Labute approximate surface area is 125 Å². The SMILES string of the molecule is CCCOc1ncnc(NCC2(SC)CCCC2)c1N. The van der Waals surface area contributed by atoms with E-state index in [1.807, 2.05) is 11.8 Å². The monoisotopic (exact) mass is 296 g/mol. The van der Waals surface area contributed by atoms with Crippen molar-refractivity contribution in [3.63, 3.8) is 0 Å². The van der Waals surface area contributed by atoms with Gasteiger partial charge in [0.1, 0.15) is 12.0 Å². The standard InChI is InChI=1S/C14H24N4OS/c1-3-8-19-13-11(15)12(17-10-18-13)16-9-14(20-2)6-4-5-7-14/h10H,3-9,15H2,1-2H3,(H,16,17,18). The number of thioether (sulfide) groups is 1. The van der Waals surface area contributed by atoms with Gasteiger partial charge in [-0.05, 0) is 25.5 Å². The van der Waals surface area contributed by atoms with Gasteiger partial charge < -0.3 is 15.8 Å². The maximum absolute atomic E-state index is 6.07. The summed E-state index contributed by atoms with van der Waals surface area (Å²) in [4.78, 5) is 8.33. The minimum absolute atomic E-state index is 0.321. The molecule has 6 heteroatoms. The Morgan fingerprint density at radius 3 is 2.80 bits per heavy atom. The molecule has 20 heavy (non-hydrogen) atoms. The van der Waals surface area contributed by atoms with Crippen LogP contribution < -0.4 is 15.8 Å². The van der Waals surface area contributed by atoms with Crippen LogP contribution in [-0.4, -0.2) is 34.1 Å². The van der Waals surface area contributed by atoms with Crippen molar-refractivity contribution >= 4 is 23.3 Å². The Bertz CT molecular complexity index is 435. The fourth-order valence-corrected chi connectivity index (χ4v) is 3.46. The lowest BCUT2D eigenvalue weighted by Gasteiger charge is -2.27. The number of hydrogen-bond acceptors (Lipinski definition) is 6. The van der Waals surface area contributed by atoms with Crippen LogP contribution in [-0.2, 0) is 0 Å². The maximum Gasteiger partial charge on any atom is 0.242 e. The normalized spacial score (nSPS) is 17.1. The van der Waals surface area contributed by atoms with Gasteiger partial charge in [-0.25, -0.2) is 4.98 Å². The van der Waals surface area contributed by atoms with Gasteiger partial charge in [-0.1, -0.05) is 19.8 Å². The van der Waals surface area contributed by atoms with Crippen LogP contribution in [0, 0.1) is 0 Å². The lowest BCUT2D eigenvalue weighted by atomic mass is 10.1. The molecule has 1 aromatic heterocycles. The number of rotatable bonds is 7. The van der Waals surface area contributed by atoms with Crippen molar-refractivity contribution in [3.05, 3.63) is 6.33 Å². The fraction of sp³-hybridized carbons (Fsp3) is 0.714. The molecule has 0 bridgehead atoms. The first-order valence-electron chi connectivity index (χ1n) is 7.23. The van der Waals surface area contributed by atoms with E-state index in [-0.39, 0.29) is 0 Å². The predicted molar refractivity (Wildman–Crippen MR) is 85.4 cm³/mol. The molecule has 0 atom stereocenters. The zero-order chi connectivity index (χ0) is 14.4. The average Bonchev–Trinajstić information content (AvgIpc) is 2.94. The Balaban J connectivity index is 2.02. The van der Waals surface area contributed by atoms with Crippen LogP contribution >= 0.6 is 11.8 Å². The van der Waals surface area contributed by atoms with Crippen molar-refractivity contribution in [2.45, 2.75) is 43.8 Å². The molecule has 2 rings (SSSR count). The maximum atomic E-state index is 6.07. The fourth-order valence-electron chi connectivity index (χ4n) is 2.55. The molecule has 3 N–H and O–H groups in total. The van der Waals surface area contributed by atoms with Gasteiger partial charge >= 0.3 is 0 Å². The van der Waals surface area contributed by atoms with Crippen LogP contribution in [0.4, 0.5) is 11.5 Å². The first kappa shape index (κ1) is 15.2. The van der Waals surface area contributed by atoms with Crippen molar-refractivity contribution < 1.29 is 4.74 Å². The molecule has 0 saturated heterocycles. The van der Waals surface area contributed by atoms with Gasteiger partial charge in [0.05, 0.1) is 6.61 Å². The number of nitrogen functional groups attached to an aromatic ring is 1. The zero-order valence-electron chi connectivity index (χ0n) is 12.3. The number of nitrogens with zero attached hydrogens (tertiary/aromatic N) is 2. The van der Waals surface area contributed by atoms with Crippen LogP contribution in [0.3, 0.4) is 0 Å². The molecule has 0 unspecified atom stereocenters. The van der Waals surface area contributed by atoms with E-state index in [0.717, 1.165) is 13.0 Å². The highest BCUT2D eigenvalue weighted by Gasteiger charge is 2.33. The van der Waals surface area contributed by atoms with Crippen LogP contribution in [0.5, 0.6) is 5.88 Å². The summed E-state index contributed by atoms with van der Waals surface area (Å²) in [5.41, 5.74) is 6.58. The topological polar surface area (TPSA) is 73.1 Å². The van der Waals surface area contributed by atoms with E-state index in [1.165, 1.54) is 32.0 Å². The summed E-state index contributed by atoms with van der Waals surface area (Å²) >= 11 is 1.95. The molecule has 112 valence electrons. The first-order valence-corrected chi connectivity index (χ1v) is 8.45. The van der Waals surface area contributed by atoms with Gasteiger partial charge in [0, 0.05) is 11.3 Å². The largest absolute Gasteiger partial charge is 0.476 e. The summed E-state index contributed by atoms with van der Waals surface area (Å²) in [6, 6.07) is 0. The second-order valence-corrected chi connectivity index (χ2v) is 6.51. The minimum Gasteiger partial charge on any atom is -0.476 e. The van der Waals surface area contributed by atoms with Crippen LogP contribution in [0.25, 0.3) is 0 Å². The van der Waals surface area contributed by atoms with E-state index in [4.69, 9.17) is 10.5 Å². The van der Waals surface area contributed by atoms with E-state index in [2.05, 4.69) is 28.5 Å². The number of hydrogen-bond donors (Lipinski definition) is 2. The van der Waals surface area contributed by atoms with Gasteiger partial charge in [0.15, 0.2) is 5.82 Å². The molecule has 5 nitrogen and oxygen atoms in total. The highest BCUT2D eigenvalue weighted by Crippen LogP contribution is 2.40. The highest BCUT2D eigenvalue weighted by atomic mass is 32.2. The quantitative estimate of drug-likeness (QED) is 0.806. The second-order valence-electron chi connectivity index (χ2n) is 5.24. The van der Waals surface area contributed by atoms with E-state index in [0.29, 0.717) is 28.7 Å². The second kappa shape index (κ2) is 7.02. The van der Waals surface area contributed by atoms with Gasteiger partial charge in [0.2, 0.25) is 5.88 Å². The summed E-state index contributed by atoms with van der Waals surface area (Å²) in [6.07, 6.45) is 9.76. The van der Waals surface area contributed by atoms with Crippen molar-refractivity contribution in [1.82, 2.24) is 9.97 Å². The van der Waals surface area contributed by atoms with Crippen LogP contribution in [0.15, 0.2) is 6.33 Å². The Hall–Kier alpha value is -1.17. The molecule has 0 aromatic carbocycles. The average molecular weight is 296 g/mol. The summed E-state index contributed by atoms with van der Waals surface area (Å²) in [5.74, 6) is 1.17.